The Morgan fingerprint density at radius 1 is 0.895 bits per heavy atom. The van der Waals surface area contributed by atoms with E-state index in [1.807, 2.05) is 0 Å². The predicted molar refractivity (Wildman–Crippen MR) is 91.3 cm³/mol. The van der Waals surface area contributed by atoms with E-state index in [1.54, 1.807) is 3.58 Å². The number of benzene rings is 2. The summed E-state index contributed by atoms with van der Waals surface area (Å²) < 4.78 is 4.20. The van der Waals surface area contributed by atoms with Crippen molar-refractivity contribution < 1.29 is 0 Å². The molecule has 0 radical (unpaired) electrons. The SMILES string of the molecule is CC(C)([CH2][SnH]([CH2]Br)[c]1ccccc1)c1ccccc1. The number of hydrogen-bond acceptors (Lipinski definition) is 0. The maximum absolute atomic E-state index is 3.77. The molecule has 0 aliphatic rings. The second kappa shape index (κ2) is 6.94. The van der Waals surface area contributed by atoms with E-state index in [-0.39, 0.29) is 5.41 Å². The molecule has 1 atom stereocenters. The molecule has 2 aromatic carbocycles. The molecule has 0 aromatic heterocycles. The molecule has 0 fully saturated rings. The third kappa shape index (κ3) is 4.09. The van der Waals surface area contributed by atoms with Crippen molar-refractivity contribution in [1.29, 1.82) is 0 Å². The summed E-state index contributed by atoms with van der Waals surface area (Å²) >= 11 is 2.05. The molecular formula is C17H21BrSn. The molecule has 0 heterocycles. The molecule has 1 unspecified atom stereocenters. The van der Waals surface area contributed by atoms with Gasteiger partial charge in [-0.15, -0.1) is 0 Å². The first-order chi connectivity index (χ1) is 9.13. The second-order valence-corrected chi connectivity index (χ2v) is 18.0. The van der Waals surface area contributed by atoms with Gasteiger partial charge >= 0.3 is 133 Å². The molecule has 100 valence electrons. The summed E-state index contributed by atoms with van der Waals surface area (Å²) in [6, 6.07) is 22.0. The molecule has 0 saturated carbocycles. The minimum atomic E-state index is -1.72. The van der Waals surface area contributed by atoms with Crippen LogP contribution in [0.2, 0.25) is 4.44 Å². The second-order valence-electron chi connectivity index (χ2n) is 5.72. The Morgan fingerprint density at radius 3 is 1.95 bits per heavy atom. The summed E-state index contributed by atoms with van der Waals surface area (Å²) in [6.45, 7) is 4.77. The van der Waals surface area contributed by atoms with Crippen molar-refractivity contribution in [2.75, 3.05) is 3.35 Å². The van der Waals surface area contributed by atoms with Crippen LogP contribution < -0.4 is 3.58 Å². The Labute approximate surface area is 132 Å². The van der Waals surface area contributed by atoms with E-state index < -0.39 is 19.8 Å². The van der Waals surface area contributed by atoms with E-state index in [4.69, 9.17) is 0 Å². The quantitative estimate of drug-likeness (QED) is 0.503. The monoisotopic (exact) mass is 424 g/mol. The zero-order chi connectivity index (χ0) is 13.7. The van der Waals surface area contributed by atoms with E-state index >= 15 is 0 Å². The van der Waals surface area contributed by atoms with Gasteiger partial charge in [0.1, 0.15) is 0 Å². The van der Waals surface area contributed by atoms with Crippen LogP contribution in [0.3, 0.4) is 0 Å². The number of hydrogen-bond donors (Lipinski definition) is 0. The molecule has 0 spiro atoms. The summed E-state index contributed by atoms with van der Waals surface area (Å²) in [5.74, 6) is 0. The Bertz CT molecular complexity index is 493. The van der Waals surface area contributed by atoms with Crippen LogP contribution in [0.25, 0.3) is 0 Å². The minimum absolute atomic E-state index is 0.283. The zero-order valence-electron chi connectivity index (χ0n) is 11.6. The molecule has 2 aromatic rings. The molecule has 2 rings (SSSR count). The molecule has 0 aliphatic carbocycles. The average molecular weight is 424 g/mol. The van der Waals surface area contributed by atoms with Gasteiger partial charge in [0.05, 0.1) is 0 Å². The maximum atomic E-state index is 3.77. The normalized spacial score (nSPS) is 13.2. The summed E-state index contributed by atoms with van der Waals surface area (Å²) in [7, 11) is 0. The van der Waals surface area contributed by atoms with Crippen molar-refractivity contribution in [1.82, 2.24) is 0 Å². The van der Waals surface area contributed by atoms with Gasteiger partial charge in [0, 0.05) is 0 Å². The fourth-order valence-electron chi connectivity index (χ4n) is 2.61. The van der Waals surface area contributed by atoms with Gasteiger partial charge in [-0.2, -0.15) is 0 Å². The van der Waals surface area contributed by atoms with Gasteiger partial charge in [-0.1, -0.05) is 0 Å². The van der Waals surface area contributed by atoms with Gasteiger partial charge in [-0.05, 0) is 0 Å². The Morgan fingerprint density at radius 2 is 1.42 bits per heavy atom. The fourth-order valence-corrected chi connectivity index (χ4v) is 14.5. The van der Waals surface area contributed by atoms with Crippen LogP contribution in [0.5, 0.6) is 0 Å². The average Bonchev–Trinajstić information content (AvgIpc) is 2.47. The van der Waals surface area contributed by atoms with Crippen LogP contribution in [0.4, 0.5) is 0 Å². The van der Waals surface area contributed by atoms with Crippen LogP contribution >= 0.6 is 15.9 Å². The van der Waals surface area contributed by atoms with Gasteiger partial charge in [0.2, 0.25) is 0 Å². The Balaban J connectivity index is 2.19. The Hall–Kier alpha value is -0.281. The molecule has 2 heteroatoms. The zero-order valence-corrected chi connectivity index (χ0v) is 16.5. The van der Waals surface area contributed by atoms with Crippen molar-refractivity contribution in [3.63, 3.8) is 0 Å². The molecule has 0 N–H and O–H groups in total. The fraction of sp³-hybridized carbons (Fsp3) is 0.294. The van der Waals surface area contributed by atoms with Gasteiger partial charge < -0.3 is 0 Å². The van der Waals surface area contributed by atoms with Crippen molar-refractivity contribution >= 4 is 39.3 Å². The van der Waals surface area contributed by atoms with Crippen LogP contribution in [-0.4, -0.2) is 23.1 Å². The first kappa shape index (κ1) is 15.1. The summed E-state index contributed by atoms with van der Waals surface area (Å²) in [4.78, 5) is 0. The third-order valence-electron chi connectivity index (χ3n) is 3.77. The standard InChI is InChI=1S/C10H13.C6H5.CH2Br.Sn.H/c1-10(2,3)9-7-5-4-6-8-9;1-2-4-6-5-3-1;1-2;;/h4-8H,1H2,2-3H3;1-5H;1H2;;. The molecular weight excluding hydrogens is 403 g/mol. The van der Waals surface area contributed by atoms with Crippen LogP contribution in [0, 0.1) is 0 Å². The van der Waals surface area contributed by atoms with Gasteiger partial charge in [0.25, 0.3) is 0 Å². The number of halogens is 1. The van der Waals surface area contributed by atoms with Gasteiger partial charge in [0.15, 0.2) is 0 Å². The van der Waals surface area contributed by atoms with Crippen molar-refractivity contribution in [2.45, 2.75) is 23.7 Å². The van der Waals surface area contributed by atoms with E-state index in [0.29, 0.717) is 0 Å². The van der Waals surface area contributed by atoms with Crippen molar-refractivity contribution in [3.05, 3.63) is 66.2 Å². The van der Waals surface area contributed by atoms with E-state index in [9.17, 15) is 0 Å². The van der Waals surface area contributed by atoms with Gasteiger partial charge in [-0.25, -0.2) is 0 Å². The van der Waals surface area contributed by atoms with Crippen molar-refractivity contribution in [3.8, 4) is 0 Å². The molecule has 0 saturated heterocycles. The molecule has 0 amide bonds. The summed E-state index contributed by atoms with van der Waals surface area (Å²) in [5.41, 5.74) is 1.75. The summed E-state index contributed by atoms with van der Waals surface area (Å²) in [6.07, 6.45) is 0. The van der Waals surface area contributed by atoms with E-state index in [0.717, 1.165) is 0 Å². The van der Waals surface area contributed by atoms with E-state index in [1.165, 1.54) is 13.3 Å². The first-order valence-electron chi connectivity index (χ1n) is 6.80. The topological polar surface area (TPSA) is 0 Å². The van der Waals surface area contributed by atoms with Gasteiger partial charge in [-0.3, -0.25) is 0 Å². The van der Waals surface area contributed by atoms with E-state index in [2.05, 4.69) is 90.4 Å². The molecule has 0 aliphatic heterocycles. The van der Waals surface area contributed by atoms with Crippen LogP contribution in [-0.2, 0) is 5.41 Å². The van der Waals surface area contributed by atoms with Crippen LogP contribution in [0.15, 0.2) is 60.7 Å². The third-order valence-corrected chi connectivity index (χ3v) is 18.2. The van der Waals surface area contributed by atoms with Crippen LogP contribution in [0.1, 0.15) is 19.4 Å². The molecule has 0 nitrogen and oxygen atoms in total. The van der Waals surface area contributed by atoms with Crippen molar-refractivity contribution in [2.24, 2.45) is 0 Å². The number of rotatable bonds is 5. The molecule has 19 heavy (non-hydrogen) atoms. The Kier molecular flexibility index (Phi) is 5.52. The summed E-state index contributed by atoms with van der Waals surface area (Å²) in [5, 5.41) is 0. The predicted octanol–water partition coefficient (Wildman–Crippen LogP) is 4.03. The molecule has 0 bridgehead atoms. The first-order valence-corrected chi connectivity index (χ1v) is 14.2. The number of alkyl halides is 1.